The maximum absolute atomic E-state index is 4.12. The molecule has 0 aromatic carbocycles. The Bertz CT molecular complexity index is 552. The molecule has 0 unspecified atom stereocenters. The molecule has 14 heavy (non-hydrogen) atoms. The van der Waals surface area contributed by atoms with Crippen molar-refractivity contribution in [3.63, 3.8) is 0 Å². The second kappa shape index (κ2) is 2.59. The summed E-state index contributed by atoms with van der Waals surface area (Å²) in [5, 5.41) is 6.49. The number of nitrogens with zero attached hydrogens (tertiary/aromatic N) is 6. The highest BCUT2D eigenvalue weighted by Gasteiger charge is 2.06. The first-order valence-electron chi connectivity index (χ1n) is 3.94. The van der Waals surface area contributed by atoms with E-state index in [2.05, 4.69) is 30.1 Å². The lowest BCUT2D eigenvalue weighted by Crippen LogP contribution is -1.96. The Labute approximate surface area is 77.9 Å². The van der Waals surface area contributed by atoms with Crippen LogP contribution in [-0.4, -0.2) is 34.7 Å². The highest BCUT2D eigenvalue weighted by Crippen LogP contribution is 2.10. The van der Waals surface area contributed by atoms with Crippen molar-refractivity contribution in [3.05, 3.63) is 25.2 Å². The molecule has 3 heterocycles. The summed E-state index contributed by atoms with van der Waals surface area (Å²) in [6.45, 7) is 0. The topological polar surface area (TPSA) is 85.2 Å². The first-order valence-corrected chi connectivity index (χ1v) is 3.94. The molecule has 0 fully saturated rings. The quantitative estimate of drug-likeness (QED) is 0.576. The predicted octanol–water partition coefficient (Wildman–Crippen LogP) is -0.0664. The van der Waals surface area contributed by atoms with Crippen molar-refractivity contribution in [2.75, 3.05) is 0 Å². The van der Waals surface area contributed by atoms with Crippen LogP contribution in [0.25, 0.3) is 17.1 Å². The molecule has 0 aliphatic rings. The van der Waals surface area contributed by atoms with Crippen LogP contribution in [0.2, 0.25) is 0 Å². The summed E-state index contributed by atoms with van der Waals surface area (Å²) < 4.78 is 1.71. The number of imidazole rings is 1. The number of hydrogen-bond acceptors (Lipinski definition) is 5. The van der Waals surface area contributed by atoms with E-state index >= 15 is 0 Å². The summed E-state index contributed by atoms with van der Waals surface area (Å²) in [7, 11) is 0. The molecule has 3 aromatic rings. The van der Waals surface area contributed by atoms with Crippen molar-refractivity contribution in [1.29, 1.82) is 0 Å². The Morgan fingerprint density at radius 3 is 3.00 bits per heavy atom. The molecule has 3 aromatic heterocycles. The van der Waals surface area contributed by atoms with Crippen LogP contribution in [0.1, 0.15) is 0 Å². The molecule has 0 atom stereocenters. The average Bonchev–Trinajstić information content (AvgIpc) is 2.85. The van der Waals surface area contributed by atoms with E-state index < -0.39 is 0 Å². The Morgan fingerprint density at radius 1 is 1.14 bits per heavy atom. The lowest BCUT2D eigenvalue weighted by molar-refractivity contribution is 0.940. The molecular formula is C7H5N7. The number of hydrogen-bond donors (Lipinski definition) is 1. The molecule has 0 radical (unpaired) electrons. The molecule has 7 heteroatoms. The summed E-state index contributed by atoms with van der Waals surface area (Å²) in [5.74, 6) is 0.589. The largest absolute Gasteiger partial charge is 0.251 e. The fraction of sp³-hybridized carbons (Fsp3) is 0. The predicted molar refractivity (Wildman–Crippen MR) is 46.6 cm³/mol. The zero-order valence-electron chi connectivity index (χ0n) is 6.99. The van der Waals surface area contributed by atoms with Gasteiger partial charge in [0.15, 0.2) is 5.65 Å². The van der Waals surface area contributed by atoms with E-state index in [4.69, 9.17) is 0 Å². The van der Waals surface area contributed by atoms with Gasteiger partial charge < -0.3 is 0 Å². The number of nitrogens with one attached hydrogen (secondary N) is 1. The third-order valence-electron chi connectivity index (χ3n) is 1.84. The minimum Gasteiger partial charge on any atom is -0.251 e. The van der Waals surface area contributed by atoms with E-state index in [0.717, 1.165) is 5.52 Å². The highest BCUT2D eigenvalue weighted by molar-refractivity contribution is 5.70. The van der Waals surface area contributed by atoms with Gasteiger partial charge in [-0.25, -0.2) is 20.1 Å². The van der Waals surface area contributed by atoms with Crippen LogP contribution in [0.5, 0.6) is 0 Å². The van der Waals surface area contributed by atoms with Gasteiger partial charge in [0.05, 0.1) is 6.20 Å². The van der Waals surface area contributed by atoms with Crippen molar-refractivity contribution in [3.8, 4) is 5.95 Å². The second-order valence-electron chi connectivity index (χ2n) is 2.66. The van der Waals surface area contributed by atoms with Crippen molar-refractivity contribution < 1.29 is 0 Å². The SMILES string of the molecule is c1n[nH]c(-n2cnc3cncnc32)n1. The zero-order valence-corrected chi connectivity index (χ0v) is 6.99. The number of H-pyrrole nitrogens is 1. The minimum absolute atomic E-state index is 0.589. The van der Waals surface area contributed by atoms with Crippen LogP contribution in [0.4, 0.5) is 0 Å². The molecule has 1 N–H and O–H groups in total. The molecule has 0 amide bonds. The summed E-state index contributed by atoms with van der Waals surface area (Å²) in [5.41, 5.74) is 1.43. The third kappa shape index (κ3) is 0.889. The smallest absolute Gasteiger partial charge is 0.232 e. The van der Waals surface area contributed by atoms with Crippen LogP contribution in [0.15, 0.2) is 25.2 Å². The molecule has 7 nitrogen and oxygen atoms in total. The van der Waals surface area contributed by atoms with Gasteiger partial charge in [-0.2, -0.15) is 10.1 Å². The second-order valence-corrected chi connectivity index (χ2v) is 2.66. The van der Waals surface area contributed by atoms with E-state index in [-0.39, 0.29) is 0 Å². The fourth-order valence-electron chi connectivity index (χ4n) is 1.24. The fourth-order valence-corrected chi connectivity index (χ4v) is 1.24. The minimum atomic E-state index is 0.589. The Balaban J connectivity index is 2.33. The van der Waals surface area contributed by atoms with E-state index in [0.29, 0.717) is 11.6 Å². The standard InChI is InChI=1S/C7H5N7/c1-5-6(9-2-8-1)14(4-11-5)7-10-3-12-13-7/h1-4H,(H,10,12,13). The average molecular weight is 187 g/mol. The summed E-state index contributed by atoms with van der Waals surface area (Å²) >= 11 is 0. The van der Waals surface area contributed by atoms with Crippen molar-refractivity contribution >= 4 is 11.2 Å². The Morgan fingerprint density at radius 2 is 2.14 bits per heavy atom. The first kappa shape index (κ1) is 7.13. The van der Waals surface area contributed by atoms with Gasteiger partial charge in [0.1, 0.15) is 24.5 Å². The van der Waals surface area contributed by atoms with Gasteiger partial charge in [0.2, 0.25) is 5.95 Å². The number of fused-ring (bicyclic) bond motifs is 1. The van der Waals surface area contributed by atoms with Gasteiger partial charge >= 0.3 is 0 Å². The van der Waals surface area contributed by atoms with Gasteiger partial charge in [0, 0.05) is 0 Å². The van der Waals surface area contributed by atoms with E-state index in [1.54, 1.807) is 17.1 Å². The van der Waals surface area contributed by atoms with Gasteiger partial charge in [-0.15, -0.1) is 0 Å². The lowest BCUT2D eigenvalue weighted by atomic mass is 10.5. The lowest BCUT2D eigenvalue weighted by Gasteiger charge is -1.95. The van der Waals surface area contributed by atoms with E-state index in [9.17, 15) is 0 Å². The molecule has 0 saturated heterocycles. The number of aromatic nitrogens is 7. The summed E-state index contributed by atoms with van der Waals surface area (Å²) in [6.07, 6.45) is 6.17. The van der Waals surface area contributed by atoms with Gasteiger partial charge in [-0.1, -0.05) is 0 Å². The van der Waals surface area contributed by atoms with Gasteiger partial charge in [0.25, 0.3) is 0 Å². The molecule has 0 saturated carbocycles. The van der Waals surface area contributed by atoms with Crippen molar-refractivity contribution in [1.82, 2.24) is 34.7 Å². The first-order chi connectivity index (χ1) is 6.95. The van der Waals surface area contributed by atoms with Gasteiger partial charge in [-0.3, -0.25) is 4.57 Å². The summed E-state index contributed by atoms with van der Waals surface area (Å²) in [4.78, 5) is 16.1. The van der Waals surface area contributed by atoms with Crippen LogP contribution in [-0.2, 0) is 0 Å². The number of aromatic amines is 1. The van der Waals surface area contributed by atoms with Crippen LogP contribution >= 0.6 is 0 Å². The molecule has 0 aliphatic carbocycles. The normalized spacial score (nSPS) is 10.9. The monoisotopic (exact) mass is 187 g/mol. The van der Waals surface area contributed by atoms with E-state index in [1.165, 1.54) is 12.7 Å². The van der Waals surface area contributed by atoms with E-state index in [1.807, 2.05) is 0 Å². The third-order valence-corrected chi connectivity index (χ3v) is 1.84. The van der Waals surface area contributed by atoms with Crippen LogP contribution < -0.4 is 0 Å². The Kier molecular flexibility index (Phi) is 1.32. The zero-order chi connectivity index (χ0) is 9.38. The molecule has 68 valence electrons. The van der Waals surface area contributed by atoms with Crippen LogP contribution in [0.3, 0.4) is 0 Å². The van der Waals surface area contributed by atoms with Crippen LogP contribution in [0, 0.1) is 0 Å². The van der Waals surface area contributed by atoms with Crippen molar-refractivity contribution in [2.45, 2.75) is 0 Å². The molecule has 3 rings (SSSR count). The maximum Gasteiger partial charge on any atom is 0.232 e. The van der Waals surface area contributed by atoms with Gasteiger partial charge in [-0.05, 0) is 0 Å². The number of rotatable bonds is 1. The molecule has 0 spiro atoms. The molecular weight excluding hydrogens is 182 g/mol. The highest BCUT2D eigenvalue weighted by atomic mass is 15.3. The molecule has 0 aliphatic heterocycles. The Hall–Kier alpha value is -2.31. The van der Waals surface area contributed by atoms with Crippen molar-refractivity contribution in [2.24, 2.45) is 0 Å². The summed E-state index contributed by atoms with van der Waals surface area (Å²) in [6, 6.07) is 0. The maximum atomic E-state index is 4.12. The molecule has 0 bridgehead atoms.